The fourth-order valence-corrected chi connectivity index (χ4v) is 5.66. The maximum atomic E-state index is 14.0. The van der Waals surface area contributed by atoms with Gasteiger partial charge in [0.2, 0.25) is 11.8 Å². The molecule has 0 radical (unpaired) electrons. The van der Waals surface area contributed by atoms with Crippen molar-refractivity contribution in [3.05, 3.63) is 138 Å². The van der Waals surface area contributed by atoms with E-state index in [1.54, 1.807) is 0 Å². The van der Waals surface area contributed by atoms with Crippen LogP contribution >= 0.6 is 0 Å². The van der Waals surface area contributed by atoms with Crippen molar-refractivity contribution in [1.29, 1.82) is 0 Å². The summed E-state index contributed by atoms with van der Waals surface area (Å²) in [5, 5.41) is 12.1. The zero-order valence-electron chi connectivity index (χ0n) is 25.9. The van der Waals surface area contributed by atoms with Gasteiger partial charge in [0.05, 0.1) is 19.8 Å². The number of rotatable bonds is 12. The molecule has 4 aromatic rings. The van der Waals surface area contributed by atoms with E-state index in [4.69, 9.17) is 9.47 Å². The number of anilines is 1. The Morgan fingerprint density at radius 2 is 1.46 bits per heavy atom. The first kappa shape index (κ1) is 32.4. The number of hydrogen-bond donors (Lipinski definition) is 4. The smallest absolute Gasteiger partial charge is 0.407 e. The van der Waals surface area contributed by atoms with Crippen LogP contribution in [0.4, 0.5) is 10.5 Å². The molecule has 1 fully saturated rings. The van der Waals surface area contributed by atoms with Crippen molar-refractivity contribution in [2.45, 2.75) is 43.5 Å². The van der Waals surface area contributed by atoms with Crippen LogP contribution in [0.1, 0.15) is 34.6 Å². The van der Waals surface area contributed by atoms with Crippen LogP contribution in [0.15, 0.2) is 115 Å². The molecule has 0 unspecified atom stereocenters. The molecule has 1 aliphatic heterocycles. The van der Waals surface area contributed by atoms with Gasteiger partial charge >= 0.3 is 6.09 Å². The molecule has 9 heteroatoms. The molecule has 0 bridgehead atoms. The summed E-state index contributed by atoms with van der Waals surface area (Å²) in [6.45, 7) is 1.29. The maximum absolute atomic E-state index is 14.0. The van der Waals surface area contributed by atoms with Crippen molar-refractivity contribution < 1.29 is 23.9 Å². The van der Waals surface area contributed by atoms with E-state index < -0.39 is 24.1 Å². The molecular formula is C37H40N4O5. The van der Waals surface area contributed by atoms with Crippen molar-refractivity contribution in [2.24, 2.45) is 0 Å². The van der Waals surface area contributed by atoms with E-state index in [9.17, 15) is 14.4 Å². The predicted molar refractivity (Wildman–Crippen MR) is 177 cm³/mol. The molecule has 1 aliphatic rings. The van der Waals surface area contributed by atoms with E-state index in [2.05, 4.69) is 21.3 Å². The minimum Gasteiger partial charge on any atom is -0.453 e. The van der Waals surface area contributed by atoms with Crippen LogP contribution in [0.25, 0.3) is 0 Å². The first-order valence-corrected chi connectivity index (χ1v) is 15.5. The third kappa shape index (κ3) is 8.80. The summed E-state index contributed by atoms with van der Waals surface area (Å²) in [5.41, 5.74) is 4.40. The Kier molecular flexibility index (Phi) is 11.5. The Morgan fingerprint density at radius 3 is 2.07 bits per heavy atom. The Hall–Kier alpha value is -4.99. The van der Waals surface area contributed by atoms with Crippen LogP contribution in [0, 0.1) is 0 Å². The topological polar surface area (TPSA) is 118 Å². The molecule has 1 saturated heterocycles. The molecule has 0 spiro atoms. The van der Waals surface area contributed by atoms with E-state index in [-0.39, 0.29) is 24.5 Å². The SMILES string of the molecule is COC(=O)N[C@H](C(=O)Nc1ccccc1CC[C@@H]1CN[C@H](C(=O)NCc2ccccc2)CO1)C(c1ccccc1)c1ccccc1. The quantitative estimate of drug-likeness (QED) is 0.181. The highest BCUT2D eigenvalue weighted by Crippen LogP contribution is 2.30. The van der Waals surface area contributed by atoms with Crippen LogP contribution in [0.2, 0.25) is 0 Å². The zero-order chi connectivity index (χ0) is 32.1. The van der Waals surface area contributed by atoms with E-state index in [1.165, 1.54) is 7.11 Å². The minimum absolute atomic E-state index is 0.0868. The molecule has 0 saturated carbocycles. The van der Waals surface area contributed by atoms with E-state index in [0.29, 0.717) is 31.6 Å². The first-order valence-electron chi connectivity index (χ1n) is 15.5. The van der Waals surface area contributed by atoms with E-state index in [0.717, 1.165) is 22.3 Å². The summed E-state index contributed by atoms with van der Waals surface area (Å²) < 4.78 is 11.0. The molecule has 1 heterocycles. The molecule has 0 aromatic heterocycles. The van der Waals surface area contributed by atoms with Crippen LogP contribution in [-0.2, 0) is 32.0 Å². The third-order valence-electron chi connectivity index (χ3n) is 8.12. The fourth-order valence-electron chi connectivity index (χ4n) is 5.66. The minimum atomic E-state index is -0.957. The molecule has 4 N–H and O–H groups in total. The van der Waals surface area contributed by atoms with Crippen molar-refractivity contribution >= 4 is 23.6 Å². The Balaban J connectivity index is 1.22. The molecule has 4 aromatic carbocycles. The Labute approximate surface area is 269 Å². The number of benzene rings is 4. The van der Waals surface area contributed by atoms with Gasteiger partial charge in [-0.2, -0.15) is 0 Å². The zero-order valence-corrected chi connectivity index (χ0v) is 25.9. The van der Waals surface area contributed by atoms with Crippen molar-refractivity contribution in [2.75, 3.05) is 25.6 Å². The van der Waals surface area contributed by atoms with Crippen LogP contribution in [0.5, 0.6) is 0 Å². The number of amides is 3. The number of nitrogens with one attached hydrogen (secondary N) is 4. The number of methoxy groups -OCH3 is 1. The number of ether oxygens (including phenoxy) is 2. The van der Waals surface area contributed by atoms with E-state index >= 15 is 0 Å². The van der Waals surface area contributed by atoms with Gasteiger partial charge in [0.15, 0.2) is 0 Å². The fraction of sp³-hybridized carbons (Fsp3) is 0.270. The number of carbonyl (C=O) groups is 3. The molecule has 3 atom stereocenters. The van der Waals surface area contributed by atoms with Crippen molar-refractivity contribution in [3.63, 3.8) is 0 Å². The Bertz CT molecular complexity index is 1520. The lowest BCUT2D eigenvalue weighted by molar-refractivity contribution is -0.127. The third-order valence-corrected chi connectivity index (χ3v) is 8.12. The average Bonchev–Trinajstić information content (AvgIpc) is 3.11. The maximum Gasteiger partial charge on any atom is 0.407 e. The lowest BCUT2D eigenvalue weighted by Gasteiger charge is -2.30. The van der Waals surface area contributed by atoms with Gasteiger partial charge in [-0.1, -0.05) is 109 Å². The number of morpholine rings is 1. The predicted octanol–water partition coefficient (Wildman–Crippen LogP) is 4.79. The lowest BCUT2D eigenvalue weighted by Crippen LogP contribution is -2.53. The number of hydrogen-bond acceptors (Lipinski definition) is 6. The normalized spacial score (nSPS) is 16.7. The van der Waals surface area contributed by atoms with Crippen LogP contribution in [-0.4, -0.2) is 56.4 Å². The number of aryl methyl sites for hydroxylation is 1. The standard InChI is InChI=1S/C37H40N4O5/c1-45-37(44)41-34(33(28-16-7-3-8-17-28)29-18-9-4-10-19-29)36(43)40-31-20-12-11-15-27(31)21-22-30-24-38-32(25-46-30)35(42)39-23-26-13-5-2-6-14-26/h2-20,30,32-34,38H,21-25H2,1H3,(H,39,42)(H,40,43)(H,41,44)/t30-,32+,34+/m1/s1. The van der Waals surface area contributed by atoms with Gasteiger partial charge in [-0.25, -0.2) is 4.79 Å². The average molecular weight is 621 g/mol. The van der Waals surface area contributed by atoms with Crippen molar-refractivity contribution in [3.8, 4) is 0 Å². The summed E-state index contributed by atoms with van der Waals surface area (Å²) >= 11 is 0. The highest BCUT2D eigenvalue weighted by molar-refractivity contribution is 5.98. The summed E-state index contributed by atoms with van der Waals surface area (Å²) in [4.78, 5) is 39.1. The lowest BCUT2D eigenvalue weighted by atomic mass is 9.84. The van der Waals surface area contributed by atoms with Gasteiger partial charge in [0.25, 0.3) is 0 Å². The van der Waals surface area contributed by atoms with Crippen LogP contribution < -0.4 is 21.3 Å². The summed E-state index contributed by atoms with van der Waals surface area (Å²) in [6.07, 6.45) is 0.554. The number of carbonyl (C=O) groups excluding carboxylic acids is 3. The largest absolute Gasteiger partial charge is 0.453 e. The molecule has 0 aliphatic carbocycles. The summed E-state index contributed by atoms with van der Waals surface area (Å²) in [5.74, 6) is -0.918. The van der Waals surface area contributed by atoms with E-state index in [1.807, 2.05) is 115 Å². The van der Waals surface area contributed by atoms with Gasteiger partial charge in [-0.05, 0) is 41.2 Å². The molecule has 3 amide bonds. The first-order chi connectivity index (χ1) is 22.5. The van der Waals surface area contributed by atoms with Gasteiger partial charge in [-0.3, -0.25) is 9.59 Å². The second-order valence-corrected chi connectivity index (χ2v) is 11.2. The second-order valence-electron chi connectivity index (χ2n) is 11.2. The number of para-hydroxylation sites is 1. The van der Waals surface area contributed by atoms with Crippen LogP contribution in [0.3, 0.4) is 0 Å². The molecular weight excluding hydrogens is 580 g/mol. The van der Waals surface area contributed by atoms with Gasteiger partial charge in [-0.15, -0.1) is 0 Å². The number of alkyl carbamates (subject to hydrolysis) is 1. The highest BCUT2D eigenvalue weighted by Gasteiger charge is 2.33. The van der Waals surface area contributed by atoms with Gasteiger partial charge < -0.3 is 30.7 Å². The molecule has 9 nitrogen and oxygen atoms in total. The summed E-state index contributed by atoms with van der Waals surface area (Å²) in [7, 11) is 1.28. The highest BCUT2D eigenvalue weighted by atomic mass is 16.5. The molecule has 5 rings (SSSR count). The Morgan fingerprint density at radius 1 is 0.848 bits per heavy atom. The van der Waals surface area contributed by atoms with Crippen molar-refractivity contribution in [1.82, 2.24) is 16.0 Å². The molecule has 238 valence electrons. The molecule has 46 heavy (non-hydrogen) atoms. The second kappa shape index (κ2) is 16.4. The monoisotopic (exact) mass is 620 g/mol. The van der Waals surface area contributed by atoms with Gasteiger partial charge in [0, 0.05) is 24.7 Å². The summed E-state index contributed by atoms with van der Waals surface area (Å²) in [6, 6.07) is 35.3. The van der Waals surface area contributed by atoms with Gasteiger partial charge in [0.1, 0.15) is 12.1 Å².